The monoisotopic (exact) mass is 344 g/mol. The molecule has 7 heteroatoms. The van der Waals surface area contributed by atoms with Crippen LogP contribution in [0.15, 0.2) is 0 Å². The Bertz CT molecular complexity index is 280. The van der Waals surface area contributed by atoms with E-state index in [1.807, 2.05) is 14.1 Å². The highest BCUT2D eigenvalue weighted by Crippen LogP contribution is 2.02. The Hall–Kier alpha value is -0.625. The second-order valence-corrected chi connectivity index (χ2v) is 5.95. The van der Waals surface area contributed by atoms with Gasteiger partial charge in [0.15, 0.2) is 0 Å². The van der Waals surface area contributed by atoms with Crippen LogP contribution >= 0.6 is 0 Å². The minimum absolute atomic E-state index is 0.0263. The minimum atomic E-state index is 0.0263. The van der Waals surface area contributed by atoms with Crippen LogP contribution in [0.2, 0.25) is 13.1 Å². The van der Waals surface area contributed by atoms with Crippen LogP contribution in [0.4, 0.5) is 0 Å². The van der Waals surface area contributed by atoms with Crippen molar-refractivity contribution in [3.8, 4) is 0 Å². The predicted octanol–water partition coefficient (Wildman–Crippen LogP) is 1.78. The molecule has 0 unspecified atom stereocenters. The average molecular weight is 344 g/mol. The highest BCUT2D eigenvalue weighted by molar-refractivity contribution is 6.39. The molecule has 0 spiro atoms. The lowest BCUT2D eigenvalue weighted by Crippen LogP contribution is -2.27. The largest absolute Gasteiger partial charge is 0.379 e. The summed E-state index contributed by atoms with van der Waals surface area (Å²) < 4.78 is 21.6. The van der Waals surface area contributed by atoms with Crippen LogP contribution in [0.5, 0.6) is 0 Å². The molecule has 0 saturated carbocycles. The Labute approximate surface area is 148 Å². The Morgan fingerprint density at radius 1 is 0.875 bits per heavy atom. The third-order valence-corrected chi connectivity index (χ3v) is 3.14. The number of rotatable bonds is 18. The molecule has 0 aliphatic rings. The normalized spacial score (nSPS) is 11.0. The highest BCUT2D eigenvalue weighted by atomic mass is 16.6. The molecule has 141 valence electrons. The van der Waals surface area contributed by atoms with Crippen molar-refractivity contribution >= 4 is 13.2 Å². The summed E-state index contributed by atoms with van der Waals surface area (Å²) in [5.74, 6) is 0.767. The molecule has 0 saturated heterocycles. The van der Waals surface area contributed by atoms with Crippen LogP contribution < -0.4 is 5.32 Å². The van der Waals surface area contributed by atoms with Crippen molar-refractivity contribution in [3.05, 3.63) is 0 Å². The van der Waals surface area contributed by atoms with Gasteiger partial charge in [-0.15, -0.1) is 0 Å². The summed E-state index contributed by atoms with van der Waals surface area (Å²) in [6, 6.07) is 0. The molecule has 0 bridgehead atoms. The molecule has 0 aromatic carbocycles. The Balaban J connectivity index is 3.04. The second kappa shape index (κ2) is 18.7. The van der Waals surface area contributed by atoms with E-state index in [0.717, 1.165) is 18.9 Å². The quantitative estimate of drug-likeness (QED) is 0.303. The first kappa shape index (κ1) is 23.4. The van der Waals surface area contributed by atoms with Crippen molar-refractivity contribution in [2.45, 2.75) is 39.8 Å². The van der Waals surface area contributed by atoms with E-state index in [4.69, 9.17) is 18.9 Å². The summed E-state index contributed by atoms with van der Waals surface area (Å²) in [6.45, 7) is 11.6. The molecule has 0 aromatic heterocycles. The van der Waals surface area contributed by atoms with Gasteiger partial charge < -0.3 is 24.3 Å². The zero-order valence-corrected chi connectivity index (χ0v) is 15.7. The van der Waals surface area contributed by atoms with Crippen molar-refractivity contribution in [3.63, 3.8) is 0 Å². The van der Waals surface area contributed by atoms with Crippen molar-refractivity contribution in [1.29, 1.82) is 0 Å². The number of carbonyl (C=O) groups is 1. The number of hydrogen-bond acceptors (Lipinski definition) is 5. The van der Waals surface area contributed by atoms with Crippen LogP contribution in [-0.2, 0) is 23.7 Å². The predicted molar refractivity (Wildman–Crippen MR) is 96.8 cm³/mol. The van der Waals surface area contributed by atoms with Crippen LogP contribution in [-0.4, -0.2) is 72.6 Å². The molecule has 1 radical (unpaired) electrons. The summed E-state index contributed by atoms with van der Waals surface area (Å²) in [6.07, 6.45) is 2.77. The van der Waals surface area contributed by atoms with Gasteiger partial charge in [0.1, 0.15) is 7.28 Å². The first-order valence-corrected chi connectivity index (χ1v) is 9.02. The van der Waals surface area contributed by atoms with Gasteiger partial charge in [0.05, 0.1) is 46.2 Å². The smallest absolute Gasteiger partial charge is 0.212 e. The highest BCUT2D eigenvalue weighted by Gasteiger charge is 1.98. The van der Waals surface area contributed by atoms with Gasteiger partial charge in [-0.2, -0.15) is 0 Å². The van der Waals surface area contributed by atoms with E-state index in [9.17, 15) is 4.79 Å². The van der Waals surface area contributed by atoms with Crippen molar-refractivity contribution < 1.29 is 23.7 Å². The van der Waals surface area contributed by atoms with E-state index in [2.05, 4.69) is 19.2 Å². The zero-order chi connectivity index (χ0) is 17.9. The van der Waals surface area contributed by atoms with Gasteiger partial charge in [0, 0.05) is 13.2 Å². The standard InChI is InChI=1S/C17H35BNO5/c1-16(2)5-4-7-21-9-11-23-13-14-24-12-10-22-8-6-19-17(20)15-18-3/h16H,4-15H2,1-3H3,(H,19,20). The Morgan fingerprint density at radius 3 is 1.88 bits per heavy atom. The van der Waals surface area contributed by atoms with Crippen LogP contribution in [0.25, 0.3) is 0 Å². The van der Waals surface area contributed by atoms with Gasteiger partial charge in [-0.25, -0.2) is 0 Å². The molecule has 0 atom stereocenters. The topological polar surface area (TPSA) is 66.0 Å². The summed E-state index contributed by atoms with van der Waals surface area (Å²) in [4.78, 5) is 11.2. The number of amides is 1. The zero-order valence-electron chi connectivity index (χ0n) is 15.7. The number of carbonyl (C=O) groups excluding carboxylic acids is 1. The summed E-state index contributed by atoms with van der Waals surface area (Å²) in [5, 5.41) is 2.76. The van der Waals surface area contributed by atoms with E-state index in [1.54, 1.807) is 0 Å². The van der Waals surface area contributed by atoms with Gasteiger partial charge in [-0.1, -0.05) is 20.7 Å². The average Bonchev–Trinajstić information content (AvgIpc) is 2.54. The molecule has 1 N–H and O–H groups in total. The first-order valence-electron chi connectivity index (χ1n) is 9.02. The summed E-state index contributed by atoms with van der Waals surface area (Å²) in [5.41, 5.74) is 0. The number of nitrogens with one attached hydrogen (secondary N) is 1. The lowest BCUT2D eigenvalue weighted by Gasteiger charge is -2.08. The van der Waals surface area contributed by atoms with E-state index < -0.39 is 0 Å². The van der Waals surface area contributed by atoms with Gasteiger partial charge in [-0.05, 0) is 25.1 Å². The summed E-state index contributed by atoms with van der Waals surface area (Å²) >= 11 is 0. The first-order chi connectivity index (χ1) is 11.7. The minimum Gasteiger partial charge on any atom is -0.379 e. The third-order valence-electron chi connectivity index (χ3n) is 3.14. The molecule has 0 rings (SSSR count). The third kappa shape index (κ3) is 19.4. The SMILES string of the molecule is C[B]CC(=O)NCCOCCOCCOCCOCCCC(C)C. The molecule has 0 aliphatic heterocycles. The van der Waals surface area contributed by atoms with Crippen molar-refractivity contribution in [1.82, 2.24) is 5.32 Å². The van der Waals surface area contributed by atoms with Gasteiger partial charge in [0.2, 0.25) is 5.91 Å². The maximum atomic E-state index is 11.2. The summed E-state index contributed by atoms with van der Waals surface area (Å²) in [7, 11) is 1.82. The molecule has 0 aromatic rings. The van der Waals surface area contributed by atoms with E-state index >= 15 is 0 Å². The van der Waals surface area contributed by atoms with E-state index in [1.165, 1.54) is 6.42 Å². The number of hydrogen-bond donors (Lipinski definition) is 1. The van der Waals surface area contributed by atoms with Gasteiger partial charge >= 0.3 is 0 Å². The lowest BCUT2D eigenvalue weighted by atomic mass is 9.78. The molecular weight excluding hydrogens is 309 g/mol. The fraction of sp³-hybridized carbons (Fsp3) is 0.941. The molecule has 24 heavy (non-hydrogen) atoms. The lowest BCUT2D eigenvalue weighted by molar-refractivity contribution is -0.119. The van der Waals surface area contributed by atoms with Gasteiger partial charge in [0.25, 0.3) is 0 Å². The molecule has 0 heterocycles. The second-order valence-electron chi connectivity index (χ2n) is 5.95. The maximum Gasteiger partial charge on any atom is 0.212 e. The fourth-order valence-electron chi connectivity index (χ4n) is 1.88. The van der Waals surface area contributed by atoms with E-state index in [0.29, 0.717) is 59.1 Å². The van der Waals surface area contributed by atoms with Crippen LogP contribution in [0.3, 0.4) is 0 Å². The van der Waals surface area contributed by atoms with E-state index in [-0.39, 0.29) is 5.91 Å². The Kier molecular flexibility index (Phi) is 18.2. The molecule has 0 fully saturated rings. The molecule has 0 aliphatic carbocycles. The maximum absolute atomic E-state index is 11.2. The number of ether oxygens (including phenoxy) is 4. The van der Waals surface area contributed by atoms with Crippen LogP contribution in [0, 0.1) is 5.92 Å². The molecule has 1 amide bonds. The van der Waals surface area contributed by atoms with Crippen molar-refractivity contribution in [2.75, 3.05) is 59.4 Å². The van der Waals surface area contributed by atoms with Crippen LogP contribution in [0.1, 0.15) is 26.7 Å². The molecular formula is C17H35BNO5. The Morgan fingerprint density at radius 2 is 1.38 bits per heavy atom. The molecule has 6 nitrogen and oxygen atoms in total. The van der Waals surface area contributed by atoms with Gasteiger partial charge in [-0.3, -0.25) is 4.79 Å². The fourth-order valence-corrected chi connectivity index (χ4v) is 1.88. The van der Waals surface area contributed by atoms with Crippen molar-refractivity contribution in [2.24, 2.45) is 5.92 Å².